The minimum Gasteiger partial charge on any atom is -0.356 e. The van der Waals surface area contributed by atoms with Crippen molar-refractivity contribution in [1.82, 2.24) is 10.2 Å². The van der Waals surface area contributed by atoms with E-state index >= 15 is 0 Å². The molecule has 30 heavy (non-hydrogen) atoms. The van der Waals surface area contributed by atoms with Gasteiger partial charge in [-0.05, 0) is 36.8 Å². The molecule has 0 aliphatic carbocycles. The second-order valence-electron chi connectivity index (χ2n) is 6.61. The Balaban J connectivity index is 1.87. The first kappa shape index (κ1) is 21.9. The summed E-state index contributed by atoms with van der Waals surface area (Å²) in [6.45, 7) is 2.52. The summed E-state index contributed by atoms with van der Waals surface area (Å²) in [6.07, 6.45) is -4.42. The molecule has 3 rings (SSSR count). The van der Waals surface area contributed by atoms with E-state index in [0.717, 1.165) is 29.5 Å². The zero-order valence-electron chi connectivity index (χ0n) is 16.1. The lowest BCUT2D eigenvalue weighted by molar-refractivity contribution is -0.137. The van der Waals surface area contributed by atoms with Crippen LogP contribution in [0.5, 0.6) is 0 Å². The molecule has 2 amide bonds. The number of aliphatic imine (C=N–C) groups is 1. The van der Waals surface area contributed by atoms with E-state index in [9.17, 15) is 22.8 Å². The second kappa shape index (κ2) is 9.34. The van der Waals surface area contributed by atoms with E-state index in [1.165, 1.54) is 17.0 Å². The molecule has 158 valence electrons. The monoisotopic (exact) mass is 435 g/mol. The van der Waals surface area contributed by atoms with Crippen LogP contribution in [0.25, 0.3) is 0 Å². The average molecular weight is 435 g/mol. The summed E-state index contributed by atoms with van der Waals surface area (Å²) in [5, 5.41) is 2.40. The van der Waals surface area contributed by atoms with Crippen molar-refractivity contribution in [3.8, 4) is 0 Å². The summed E-state index contributed by atoms with van der Waals surface area (Å²) >= 11 is 1.15. The van der Waals surface area contributed by atoms with Gasteiger partial charge in [0.05, 0.1) is 17.8 Å². The van der Waals surface area contributed by atoms with E-state index in [-0.39, 0.29) is 24.8 Å². The minimum atomic E-state index is -4.43. The van der Waals surface area contributed by atoms with Crippen molar-refractivity contribution >= 4 is 34.4 Å². The van der Waals surface area contributed by atoms with Gasteiger partial charge in [-0.25, -0.2) is 4.99 Å². The average Bonchev–Trinajstić information content (AvgIpc) is 2.97. The van der Waals surface area contributed by atoms with Crippen molar-refractivity contribution < 1.29 is 22.8 Å². The Kier molecular flexibility index (Phi) is 6.81. The number of alkyl halides is 3. The van der Waals surface area contributed by atoms with Crippen LogP contribution in [0, 0.1) is 0 Å². The van der Waals surface area contributed by atoms with E-state index in [1.807, 2.05) is 30.3 Å². The fraction of sp³-hybridized carbons (Fsp3) is 0.286. The lowest BCUT2D eigenvalue weighted by atomic mass is 10.2. The maximum absolute atomic E-state index is 12.9. The molecule has 0 saturated carbocycles. The molecule has 1 N–H and O–H groups in total. The Morgan fingerprint density at radius 3 is 2.40 bits per heavy atom. The van der Waals surface area contributed by atoms with Crippen molar-refractivity contribution in [1.29, 1.82) is 0 Å². The van der Waals surface area contributed by atoms with Crippen LogP contribution in [-0.4, -0.2) is 33.7 Å². The van der Waals surface area contributed by atoms with Gasteiger partial charge in [-0.1, -0.05) is 42.1 Å². The van der Waals surface area contributed by atoms with Crippen molar-refractivity contribution in [3.63, 3.8) is 0 Å². The standard InChI is InChI=1S/C21H20F3N3O2S/c1-2-25-18(28)12-17-19(29)27(13-14-6-4-3-5-7-14)20(30-17)26-16-10-8-15(9-11-16)21(22,23)24/h3-11,17H,2,12-13H2,1H3,(H,25,28). The van der Waals surface area contributed by atoms with Crippen LogP contribution in [-0.2, 0) is 22.3 Å². The van der Waals surface area contributed by atoms with E-state index in [1.54, 1.807) is 6.92 Å². The first-order valence-corrected chi connectivity index (χ1v) is 10.2. The molecule has 0 radical (unpaired) electrons. The zero-order valence-corrected chi connectivity index (χ0v) is 17.0. The number of carbonyl (C=O) groups excluding carboxylic acids is 2. The molecule has 2 aromatic carbocycles. The summed E-state index contributed by atoms with van der Waals surface area (Å²) in [7, 11) is 0. The molecule has 1 saturated heterocycles. The molecule has 5 nitrogen and oxygen atoms in total. The van der Waals surface area contributed by atoms with Gasteiger partial charge in [0.25, 0.3) is 0 Å². The predicted molar refractivity (Wildman–Crippen MR) is 110 cm³/mol. The third kappa shape index (κ3) is 5.41. The molecule has 1 unspecified atom stereocenters. The smallest absolute Gasteiger partial charge is 0.356 e. The summed E-state index contributed by atoms with van der Waals surface area (Å²) in [4.78, 5) is 30.8. The first-order valence-electron chi connectivity index (χ1n) is 9.32. The Hall–Kier alpha value is -2.81. The molecular formula is C21H20F3N3O2S. The van der Waals surface area contributed by atoms with Crippen molar-refractivity contribution in [2.24, 2.45) is 4.99 Å². The molecule has 1 heterocycles. The number of hydrogen-bond acceptors (Lipinski definition) is 4. The molecule has 1 aliphatic heterocycles. The Labute approximate surface area is 176 Å². The van der Waals surface area contributed by atoms with E-state index < -0.39 is 17.0 Å². The van der Waals surface area contributed by atoms with Crippen LogP contribution in [0.4, 0.5) is 18.9 Å². The fourth-order valence-electron chi connectivity index (χ4n) is 2.91. The molecule has 0 aromatic heterocycles. The normalized spacial score (nSPS) is 18.1. The highest BCUT2D eigenvalue weighted by atomic mass is 32.2. The fourth-order valence-corrected chi connectivity index (χ4v) is 4.07. The minimum absolute atomic E-state index is 0.00859. The SMILES string of the molecule is CCNC(=O)CC1SC(=Nc2ccc(C(F)(F)F)cc2)N(Cc2ccccc2)C1=O. The first-order chi connectivity index (χ1) is 14.3. The van der Waals surface area contributed by atoms with E-state index in [0.29, 0.717) is 17.4 Å². The number of thioether (sulfide) groups is 1. The molecule has 1 aliphatic rings. The highest BCUT2D eigenvalue weighted by Crippen LogP contribution is 2.34. The van der Waals surface area contributed by atoms with Crippen molar-refractivity contribution in [2.45, 2.75) is 31.3 Å². The number of amidine groups is 1. The third-order valence-electron chi connectivity index (χ3n) is 4.37. The van der Waals surface area contributed by atoms with Gasteiger partial charge in [0.2, 0.25) is 11.8 Å². The van der Waals surface area contributed by atoms with E-state index in [2.05, 4.69) is 10.3 Å². The predicted octanol–water partition coefficient (Wildman–Crippen LogP) is 4.36. The van der Waals surface area contributed by atoms with Crippen LogP contribution >= 0.6 is 11.8 Å². The van der Waals surface area contributed by atoms with Gasteiger partial charge in [-0.15, -0.1) is 0 Å². The second-order valence-corrected chi connectivity index (χ2v) is 7.78. The van der Waals surface area contributed by atoms with Crippen molar-refractivity contribution in [2.75, 3.05) is 6.54 Å². The van der Waals surface area contributed by atoms with Gasteiger partial charge < -0.3 is 5.32 Å². The quantitative estimate of drug-likeness (QED) is 0.733. The lowest BCUT2D eigenvalue weighted by Crippen LogP contribution is -2.34. The molecule has 1 atom stereocenters. The number of nitrogens with zero attached hydrogens (tertiary/aromatic N) is 2. The Morgan fingerprint density at radius 1 is 1.13 bits per heavy atom. The molecule has 2 aromatic rings. The van der Waals surface area contributed by atoms with E-state index in [4.69, 9.17) is 0 Å². The maximum atomic E-state index is 12.9. The highest BCUT2D eigenvalue weighted by Gasteiger charge is 2.39. The Bertz CT molecular complexity index is 931. The topological polar surface area (TPSA) is 61.8 Å². The number of hydrogen-bond donors (Lipinski definition) is 1. The lowest BCUT2D eigenvalue weighted by Gasteiger charge is -2.16. The summed E-state index contributed by atoms with van der Waals surface area (Å²) in [5.74, 6) is -0.487. The number of rotatable bonds is 6. The number of benzene rings is 2. The van der Waals surface area contributed by atoms with Crippen LogP contribution in [0.3, 0.4) is 0 Å². The van der Waals surface area contributed by atoms with Gasteiger partial charge in [0.15, 0.2) is 5.17 Å². The molecular weight excluding hydrogens is 415 g/mol. The number of halogens is 3. The van der Waals surface area contributed by atoms with Crippen molar-refractivity contribution in [3.05, 3.63) is 65.7 Å². The largest absolute Gasteiger partial charge is 0.416 e. The zero-order chi connectivity index (χ0) is 21.7. The van der Waals surface area contributed by atoms with Gasteiger partial charge in [-0.3, -0.25) is 14.5 Å². The number of carbonyl (C=O) groups is 2. The van der Waals surface area contributed by atoms with Gasteiger partial charge in [-0.2, -0.15) is 13.2 Å². The van der Waals surface area contributed by atoms with Crippen LogP contribution in [0.2, 0.25) is 0 Å². The maximum Gasteiger partial charge on any atom is 0.416 e. The summed E-state index contributed by atoms with van der Waals surface area (Å²) in [5.41, 5.74) is 0.414. The van der Waals surface area contributed by atoms with Gasteiger partial charge in [0, 0.05) is 13.0 Å². The summed E-state index contributed by atoms with van der Waals surface area (Å²) < 4.78 is 38.4. The molecule has 0 spiro atoms. The molecule has 1 fully saturated rings. The summed E-state index contributed by atoms with van der Waals surface area (Å²) in [6, 6.07) is 13.7. The molecule has 9 heteroatoms. The highest BCUT2D eigenvalue weighted by molar-refractivity contribution is 8.15. The van der Waals surface area contributed by atoms with Crippen LogP contribution < -0.4 is 5.32 Å². The van der Waals surface area contributed by atoms with Crippen LogP contribution in [0.15, 0.2) is 59.6 Å². The number of nitrogens with one attached hydrogen (secondary N) is 1. The number of amides is 2. The van der Waals surface area contributed by atoms with Crippen LogP contribution in [0.1, 0.15) is 24.5 Å². The Morgan fingerprint density at radius 2 is 1.80 bits per heavy atom. The van der Waals surface area contributed by atoms with Gasteiger partial charge in [0.1, 0.15) is 5.25 Å². The third-order valence-corrected chi connectivity index (χ3v) is 5.54. The van der Waals surface area contributed by atoms with Gasteiger partial charge >= 0.3 is 6.18 Å². The molecule has 0 bridgehead atoms.